The first-order chi connectivity index (χ1) is 27.3. The molecule has 0 amide bonds. The van der Waals surface area contributed by atoms with E-state index >= 15 is 0 Å². The normalized spacial score (nSPS) is 11.6. The molecular formula is C52H33NO2. The van der Waals surface area contributed by atoms with Crippen LogP contribution in [0.25, 0.3) is 88.0 Å². The number of benzene rings is 9. The SMILES string of the molecule is c1ccc(-c2cc3c4cccc(-c5ccc(N(c6ccccc6)c6ccc(-c7cccc8c7oc7ccccc78)cc6)cc5)c4oc3c3ccccc23)cc1. The van der Waals surface area contributed by atoms with Gasteiger partial charge in [0.25, 0.3) is 0 Å². The third-order valence-electron chi connectivity index (χ3n) is 10.9. The molecule has 0 saturated carbocycles. The van der Waals surface area contributed by atoms with Crippen LogP contribution in [0.15, 0.2) is 209 Å². The zero-order chi connectivity index (χ0) is 36.3. The molecule has 55 heavy (non-hydrogen) atoms. The predicted octanol–water partition coefficient (Wildman–Crippen LogP) is 15.1. The highest BCUT2D eigenvalue weighted by atomic mass is 16.3. The summed E-state index contributed by atoms with van der Waals surface area (Å²) >= 11 is 0. The van der Waals surface area contributed by atoms with Crippen LogP contribution in [-0.4, -0.2) is 0 Å². The quantitative estimate of drug-likeness (QED) is 0.173. The van der Waals surface area contributed by atoms with E-state index < -0.39 is 0 Å². The van der Waals surface area contributed by atoms with Crippen LogP contribution in [0, 0.1) is 0 Å². The standard InChI is InChI=1S/C52H33NO2/c1-3-13-34(14-4-1)47-33-48-46-23-12-21-41(51(46)55-52(48)44-19-8-7-17-42(44)47)36-27-31-39(32-28-36)53(37-15-5-2-6-16-37)38-29-25-35(26-30-38)40-20-11-22-45-43-18-9-10-24-49(43)54-50(40)45/h1-33H. The lowest BCUT2D eigenvalue weighted by Gasteiger charge is -2.26. The zero-order valence-electron chi connectivity index (χ0n) is 29.8. The third-order valence-corrected chi connectivity index (χ3v) is 10.9. The average Bonchev–Trinajstić information content (AvgIpc) is 3.84. The van der Waals surface area contributed by atoms with E-state index in [0.29, 0.717) is 0 Å². The van der Waals surface area contributed by atoms with Gasteiger partial charge in [0.05, 0.1) is 0 Å². The van der Waals surface area contributed by atoms with Gasteiger partial charge in [-0.3, -0.25) is 0 Å². The number of fused-ring (bicyclic) bond motifs is 8. The molecular weight excluding hydrogens is 671 g/mol. The summed E-state index contributed by atoms with van der Waals surface area (Å²) < 4.78 is 13.2. The third kappa shape index (κ3) is 5.13. The molecule has 0 saturated heterocycles. The molecule has 0 spiro atoms. The van der Waals surface area contributed by atoms with Crippen molar-refractivity contribution in [3.8, 4) is 33.4 Å². The van der Waals surface area contributed by atoms with Gasteiger partial charge >= 0.3 is 0 Å². The lowest BCUT2D eigenvalue weighted by molar-refractivity contribution is 0.670. The Hall–Kier alpha value is -7.36. The Morgan fingerprint density at radius 2 is 0.727 bits per heavy atom. The van der Waals surface area contributed by atoms with Gasteiger partial charge in [-0.15, -0.1) is 0 Å². The van der Waals surface area contributed by atoms with Gasteiger partial charge in [0.1, 0.15) is 22.3 Å². The van der Waals surface area contributed by atoms with Gasteiger partial charge in [0.15, 0.2) is 0 Å². The topological polar surface area (TPSA) is 29.5 Å². The highest BCUT2D eigenvalue weighted by Crippen LogP contribution is 2.44. The number of anilines is 3. The van der Waals surface area contributed by atoms with Crippen LogP contribution < -0.4 is 4.90 Å². The van der Waals surface area contributed by atoms with Crippen molar-refractivity contribution in [3.63, 3.8) is 0 Å². The number of nitrogens with zero attached hydrogens (tertiary/aromatic N) is 1. The lowest BCUT2D eigenvalue weighted by atomic mass is 9.95. The van der Waals surface area contributed by atoms with Crippen molar-refractivity contribution in [2.75, 3.05) is 4.90 Å². The van der Waals surface area contributed by atoms with Gasteiger partial charge in [0.2, 0.25) is 0 Å². The maximum Gasteiger partial charge on any atom is 0.143 e. The summed E-state index contributed by atoms with van der Waals surface area (Å²) in [7, 11) is 0. The number of furan rings is 2. The molecule has 2 aromatic heterocycles. The number of hydrogen-bond donors (Lipinski definition) is 0. The fourth-order valence-corrected chi connectivity index (χ4v) is 8.28. The van der Waals surface area contributed by atoms with E-state index in [1.807, 2.05) is 12.1 Å². The van der Waals surface area contributed by atoms with Crippen molar-refractivity contribution >= 4 is 71.7 Å². The van der Waals surface area contributed by atoms with Crippen LogP contribution in [0.1, 0.15) is 0 Å². The van der Waals surface area contributed by atoms with Crippen LogP contribution in [0.2, 0.25) is 0 Å². The van der Waals surface area contributed by atoms with Crippen molar-refractivity contribution in [2.45, 2.75) is 0 Å². The van der Waals surface area contributed by atoms with Crippen molar-refractivity contribution in [1.29, 1.82) is 0 Å². The molecule has 0 bridgehead atoms. The smallest absolute Gasteiger partial charge is 0.143 e. The second kappa shape index (κ2) is 12.6. The summed E-state index contributed by atoms with van der Waals surface area (Å²) in [5, 5.41) is 6.82. The first kappa shape index (κ1) is 31.2. The van der Waals surface area contributed by atoms with E-state index in [1.165, 1.54) is 16.5 Å². The molecule has 0 aliphatic carbocycles. The Balaban J connectivity index is 0.990. The molecule has 0 atom stereocenters. The van der Waals surface area contributed by atoms with Crippen LogP contribution in [-0.2, 0) is 0 Å². The minimum atomic E-state index is 0.899. The molecule has 3 nitrogen and oxygen atoms in total. The predicted molar refractivity (Wildman–Crippen MR) is 229 cm³/mol. The molecule has 0 aliphatic rings. The minimum absolute atomic E-state index is 0.899. The molecule has 9 aromatic carbocycles. The summed E-state index contributed by atoms with van der Waals surface area (Å²) in [5.41, 5.74) is 13.6. The van der Waals surface area contributed by atoms with Crippen molar-refractivity contribution in [2.24, 2.45) is 0 Å². The van der Waals surface area contributed by atoms with Gasteiger partial charge in [-0.2, -0.15) is 0 Å². The van der Waals surface area contributed by atoms with Gasteiger partial charge < -0.3 is 13.7 Å². The zero-order valence-corrected chi connectivity index (χ0v) is 29.8. The minimum Gasteiger partial charge on any atom is -0.455 e. The van der Waals surface area contributed by atoms with Gasteiger partial charge in [0, 0.05) is 55.1 Å². The summed E-state index contributed by atoms with van der Waals surface area (Å²) in [6.45, 7) is 0. The monoisotopic (exact) mass is 703 g/mol. The largest absolute Gasteiger partial charge is 0.455 e. The van der Waals surface area contributed by atoms with E-state index in [4.69, 9.17) is 8.83 Å². The summed E-state index contributed by atoms with van der Waals surface area (Å²) in [6.07, 6.45) is 0. The second-order valence-electron chi connectivity index (χ2n) is 14.0. The van der Waals surface area contributed by atoms with Crippen LogP contribution in [0.3, 0.4) is 0 Å². The molecule has 11 rings (SSSR count). The molecule has 0 N–H and O–H groups in total. The highest BCUT2D eigenvalue weighted by molar-refractivity contribution is 6.20. The Labute approximate surface area is 317 Å². The van der Waals surface area contributed by atoms with Gasteiger partial charge in [-0.1, -0.05) is 152 Å². The summed E-state index contributed by atoms with van der Waals surface area (Å²) in [6, 6.07) is 70.7. The molecule has 258 valence electrons. The Bertz CT molecular complexity index is 3180. The first-order valence-corrected chi connectivity index (χ1v) is 18.7. The van der Waals surface area contributed by atoms with E-state index in [9.17, 15) is 0 Å². The van der Waals surface area contributed by atoms with Gasteiger partial charge in [-0.25, -0.2) is 0 Å². The van der Waals surface area contributed by atoms with E-state index in [-0.39, 0.29) is 0 Å². The average molecular weight is 704 g/mol. The number of para-hydroxylation sites is 4. The molecule has 0 fully saturated rings. The number of rotatable bonds is 6. The molecule has 0 aliphatic heterocycles. The Morgan fingerprint density at radius 1 is 0.273 bits per heavy atom. The van der Waals surface area contributed by atoms with Crippen LogP contribution in [0.5, 0.6) is 0 Å². The lowest BCUT2D eigenvalue weighted by Crippen LogP contribution is -2.09. The van der Waals surface area contributed by atoms with Crippen molar-refractivity contribution < 1.29 is 8.83 Å². The number of hydrogen-bond acceptors (Lipinski definition) is 3. The van der Waals surface area contributed by atoms with Crippen molar-refractivity contribution in [1.82, 2.24) is 0 Å². The summed E-state index contributed by atoms with van der Waals surface area (Å²) in [5.74, 6) is 0. The fourth-order valence-electron chi connectivity index (χ4n) is 8.28. The summed E-state index contributed by atoms with van der Waals surface area (Å²) in [4.78, 5) is 2.30. The van der Waals surface area contributed by atoms with Gasteiger partial charge in [-0.05, 0) is 76.2 Å². The molecule has 3 heteroatoms. The van der Waals surface area contributed by atoms with E-state index in [0.717, 1.165) is 88.6 Å². The fraction of sp³-hybridized carbons (Fsp3) is 0. The molecule has 2 heterocycles. The second-order valence-corrected chi connectivity index (χ2v) is 14.0. The first-order valence-electron chi connectivity index (χ1n) is 18.7. The maximum absolute atomic E-state index is 6.83. The maximum atomic E-state index is 6.83. The molecule has 11 aromatic rings. The van der Waals surface area contributed by atoms with Crippen molar-refractivity contribution in [3.05, 3.63) is 200 Å². The Morgan fingerprint density at radius 3 is 1.38 bits per heavy atom. The van der Waals surface area contributed by atoms with E-state index in [2.05, 4.69) is 193 Å². The van der Waals surface area contributed by atoms with Crippen LogP contribution >= 0.6 is 0 Å². The Kier molecular flexibility index (Phi) is 7.17. The van der Waals surface area contributed by atoms with E-state index in [1.54, 1.807) is 0 Å². The molecule has 0 radical (unpaired) electrons. The highest BCUT2D eigenvalue weighted by Gasteiger charge is 2.19. The molecule has 0 unspecified atom stereocenters. The van der Waals surface area contributed by atoms with Crippen LogP contribution in [0.4, 0.5) is 17.1 Å².